The van der Waals surface area contributed by atoms with E-state index >= 15 is 0 Å². The van der Waals surface area contributed by atoms with E-state index in [4.69, 9.17) is 9.84 Å². The molecule has 1 aromatic rings. The number of benzene rings is 1. The van der Waals surface area contributed by atoms with Crippen LogP contribution in [0.1, 0.15) is 52.4 Å². The summed E-state index contributed by atoms with van der Waals surface area (Å²) in [6.07, 6.45) is 4.54. The van der Waals surface area contributed by atoms with Crippen LogP contribution in [0, 0.1) is 6.92 Å². The number of carboxylic acid groups (broad SMARTS) is 1. The number of hydrogen-bond acceptors (Lipinski definition) is 4. The number of carboxylic acids is 1. The van der Waals surface area contributed by atoms with Gasteiger partial charge in [-0.25, -0.2) is 9.59 Å². The van der Waals surface area contributed by atoms with Crippen molar-refractivity contribution in [1.29, 1.82) is 0 Å². The number of rotatable bonds is 7. The van der Waals surface area contributed by atoms with Gasteiger partial charge in [0.25, 0.3) is 0 Å². The molecule has 150 valence electrons. The van der Waals surface area contributed by atoms with Crippen LogP contribution in [-0.2, 0) is 22.6 Å². The van der Waals surface area contributed by atoms with Crippen LogP contribution in [0.15, 0.2) is 18.2 Å². The van der Waals surface area contributed by atoms with E-state index in [-0.39, 0.29) is 19.1 Å². The Labute approximate surface area is 164 Å². The lowest BCUT2D eigenvalue weighted by atomic mass is 9.89. The summed E-state index contributed by atoms with van der Waals surface area (Å²) < 4.78 is 5.21. The molecule has 7 nitrogen and oxygen atoms in total. The van der Waals surface area contributed by atoms with Crippen molar-refractivity contribution in [3.63, 3.8) is 0 Å². The monoisotopic (exact) mass is 386 g/mol. The van der Waals surface area contributed by atoms with Gasteiger partial charge in [0.2, 0.25) is 0 Å². The normalized spacial score (nSPS) is 13.0. The molecule has 0 radical (unpaired) electrons. The molecule has 0 saturated carbocycles. The first-order valence-electron chi connectivity index (χ1n) is 9.00. The predicted octanol–water partition coefficient (Wildman–Crippen LogP) is 3.76. The van der Waals surface area contributed by atoms with E-state index in [1.807, 2.05) is 19.9 Å². The summed E-state index contributed by atoms with van der Waals surface area (Å²) in [4.78, 5) is 36.9. The number of aliphatic carboxylic acids is 1. The van der Waals surface area contributed by atoms with Crippen LogP contribution in [0.3, 0.4) is 0 Å². The van der Waals surface area contributed by atoms with E-state index in [0.29, 0.717) is 24.1 Å². The van der Waals surface area contributed by atoms with Crippen LogP contribution >= 0.6 is 0 Å². The Hall–Kier alpha value is -3.09. The molecule has 2 N–H and O–H groups in total. The molecule has 1 aliphatic heterocycles. The summed E-state index contributed by atoms with van der Waals surface area (Å²) in [6.45, 7) is 7.82. The van der Waals surface area contributed by atoms with Crippen molar-refractivity contribution in [1.82, 2.24) is 4.90 Å². The maximum Gasteiger partial charge on any atom is 0.341 e. The molecule has 1 heterocycles. The highest BCUT2D eigenvalue weighted by Gasteiger charge is 2.31. The summed E-state index contributed by atoms with van der Waals surface area (Å²) in [5.74, 6) is -1.31. The van der Waals surface area contributed by atoms with Gasteiger partial charge in [-0.15, -0.1) is 0 Å². The topological polar surface area (TPSA) is 95.9 Å². The molecule has 2 amide bonds. The van der Waals surface area contributed by atoms with Gasteiger partial charge in [0, 0.05) is 26.1 Å². The molecule has 0 atom stereocenters. The molecule has 0 aliphatic carbocycles. The maximum atomic E-state index is 12.4. The van der Waals surface area contributed by atoms with Crippen molar-refractivity contribution in [3.8, 4) is 0 Å². The number of urea groups is 1. The Morgan fingerprint density at radius 1 is 1.32 bits per heavy atom. The molecule has 0 aromatic heterocycles. The first-order chi connectivity index (χ1) is 13.2. The van der Waals surface area contributed by atoms with Crippen molar-refractivity contribution in [2.45, 2.75) is 39.7 Å². The third kappa shape index (κ3) is 4.42. The zero-order valence-electron chi connectivity index (χ0n) is 16.7. The quantitative estimate of drug-likeness (QED) is 0.549. The lowest BCUT2D eigenvalue weighted by molar-refractivity contribution is -0.136. The minimum absolute atomic E-state index is 0.0520. The van der Waals surface area contributed by atoms with Crippen molar-refractivity contribution >= 4 is 29.7 Å². The van der Waals surface area contributed by atoms with Crippen LogP contribution in [0.5, 0.6) is 0 Å². The van der Waals surface area contributed by atoms with Crippen molar-refractivity contribution in [3.05, 3.63) is 46.0 Å². The standard InChI is InChI=1S/C21H26N2O5/c1-6-14-13(3)16-11-28-20(26)18(16)19(22-21(27)23(4)5)15(14)9-7-12(2)8-10-17(24)25/h6-7H,1,8-11H2,2-5H3,(H,22,27)(H,24,25). The van der Waals surface area contributed by atoms with Crippen LogP contribution in [0.2, 0.25) is 0 Å². The van der Waals surface area contributed by atoms with Gasteiger partial charge in [-0.3, -0.25) is 4.79 Å². The average molecular weight is 386 g/mol. The number of fused-ring (bicyclic) bond motifs is 1. The number of nitrogens with one attached hydrogen (secondary N) is 1. The minimum Gasteiger partial charge on any atom is -0.481 e. The number of cyclic esters (lactones) is 1. The van der Waals surface area contributed by atoms with Crippen LogP contribution in [-0.4, -0.2) is 42.1 Å². The number of anilines is 1. The number of allylic oxidation sites excluding steroid dienone is 2. The van der Waals surface area contributed by atoms with Gasteiger partial charge in [-0.2, -0.15) is 0 Å². The van der Waals surface area contributed by atoms with E-state index in [9.17, 15) is 14.4 Å². The van der Waals surface area contributed by atoms with Gasteiger partial charge in [-0.05, 0) is 43.4 Å². The van der Waals surface area contributed by atoms with Crippen LogP contribution < -0.4 is 5.32 Å². The third-order valence-electron chi connectivity index (χ3n) is 4.82. The molecule has 2 rings (SSSR count). The zero-order valence-corrected chi connectivity index (χ0v) is 16.7. The van der Waals surface area contributed by atoms with Crippen LogP contribution in [0.25, 0.3) is 6.08 Å². The molecular weight excluding hydrogens is 360 g/mol. The predicted molar refractivity (Wildman–Crippen MR) is 107 cm³/mol. The summed E-state index contributed by atoms with van der Waals surface area (Å²) in [6, 6.07) is -0.353. The van der Waals surface area contributed by atoms with Crippen molar-refractivity contribution in [2.75, 3.05) is 19.4 Å². The maximum absolute atomic E-state index is 12.4. The smallest absolute Gasteiger partial charge is 0.341 e. The lowest BCUT2D eigenvalue weighted by Gasteiger charge is -2.21. The highest BCUT2D eigenvalue weighted by atomic mass is 16.5. The Bertz CT molecular complexity index is 868. The second-order valence-corrected chi connectivity index (χ2v) is 7.00. The number of carbonyl (C=O) groups excluding carboxylic acids is 2. The molecule has 0 unspecified atom stereocenters. The van der Waals surface area contributed by atoms with Crippen LogP contribution in [0.4, 0.5) is 10.5 Å². The molecule has 0 fully saturated rings. The SMILES string of the molecule is C=Cc1c(C)c2c(c(NC(=O)N(C)C)c1CC=C(C)CCC(=O)O)C(=O)OC2. The van der Waals surface area contributed by atoms with E-state index in [1.165, 1.54) is 4.90 Å². The van der Waals surface area contributed by atoms with Crippen molar-refractivity contribution < 1.29 is 24.2 Å². The second-order valence-electron chi connectivity index (χ2n) is 7.00. The molecule has 7 heteroatoms. The lowest BCUT2D eigenvalue weighted by Crippen LogP contribution is -2.29. The molecule has 0 spiro atoms. The Balaban J connectivity index is 2.56. The number of esters is 1. The number of nitrogens with zero attached hydrogens (tertiary/aromatic N) is 1. The van der Waals surface area contributed by atoms with Gasteiger partial charge in [0.1, 0.15) is 6.61 Å². The number of hydrogen-bond donors (Lipinski definition) is 2. The van der Waals surface area contributed by atoms with E-state index in [0.717, 1.165) is 27.8 Å². The van der Waals surface area contributed by atoms with Gasteiger partial charge in [0.15, 0.2) is 0 Å². The summed E-state index contributed by atoms with van der Waals surface area (Å²) in [5, 5.41) is 11.7. The first kappa shape index (κ1) is 21.2. The molecule has 28 heavy (non-hydrogen) atoms. The highest BCUT2D eigenvalue weighted by Crippen LogP contribution is 2.38. The van der Waals surface area contributed by atoms with Gasteiger partial charge < -0.3 is 20.1 Å². The number of ether oxygens (including phenoxy) is 1. The largest absolute Gasteiger partial charge is 0.481 e. The molecule has 1 aliphatic rings. The number of carbonyl (C=O) groups is 3. The van der Waals surface area contributed by atoms with E-state index in [1.54, 1.807) is 20.2 Å². The Morgan fingerprint density at radius 2 is 2.00 bits per heavy atom. The van der Waals surface area contributed by atoms with Gasteiger partial charge >= 0.3 is 18.0 Å². The third-order valence-corrected chi connectivity index (χ3v) is 4.82. The molecule has 0 saturated heterocycles. The summed E-state index contributed by atoms with van der Waals surface area (Å²) >= 11 is 0. The zero-order chi connectivity index (χ0) is 21.0. The van der Waals surface area contributed by atoms with Gasteiger partial charge in [-0.1, -0.05) is 24.3 Å². The van der Waals surface area contributed by atoms with E-state index < -0.39 is 11.9 Å². The molecule has 0 bridgehead atoms. The fraction of sp³-hybridized carbons (Fsp3) is 0.381. The number of amides is 2. The minimum atomic E-state index is -0.852. The summed E-state index contributed by atoms with van der Waals surface area (Å²) in [7, 11) is 3.23. The molecular formula is C21H26N2O5. The average Bonchev–Trinajstić information content (AvgIpc) is 3.02. The Morgan fingerprint density at radius 3 is 2.57 bits per heavy atom. The van der Waals surface area contributed by atoms with Gasteiger partial charge in [0.05, 0.1) is 11.3 Å². The second kappa shape index (κ2) is 8.73. The fourth-order valence-corrected chi connectivity index (χ4v) is 3.16. The van der Waals surface area contributed by atoms with Crippen molar-refractivity contribution in [2.24, 2.45) is 0 Å². The molecule has 1 aromatic carbocycles. The Kier molecular flexibility index (Phi) is 6.62. The first-order valence-corrected chi connectivity index (χ1v) is 9.00. The summed E-state index contributed by atoms with van der Waals surface area (Å²) in [5.41, 5.74) is 4.98. The fourth-order valence-electron chi connectivity index (χ4n) is 3.16. The van der Waals surface area contributed by atoms with E-state index in [2.05, 4.69) is 11.9 Å². The highest BCUT2D eigenvalue weighted by molar-refractivity contribution is 6.05.